The number of carboxylic acids is 1. The molecular weight excluding hydrogens is 526 g/mol. The zero-order valence-corrected chi connectivity index (χ0v) is 25.2. The summed E-state index contributed by atoms with van der Waals surface area (Å²) in [7, 11) is 0. The Kier molecular flexibility index (Phi) is 7.20. The number of aryl methyl sites for hydroxylation is 3. The topological polar surface area (TPSA) is 100 Å². The van der Waals surface area contributed by atoms with Crippen LogP contribution in [0.2, 0.25) is 0 Å². The van der Waals surface area contributed by atoms with Gasteiger partial charge in [0.15, 0.2) is 0 Å². The summed E-state index contributed by atoms with van der Waals surface area (Å²) in [6.45, 7) is 14.0. The van der Waals surface area contributed by atoms with Crippen molar-refractivity contribution in [1.82, 2.24) is 24.5 Å². The SMILES string of the molecule is Cc1cn(-c2cc(N3CCc4cc(-c5c(C)nc(C)c(CC(=O)O)c5N5CCC(C)(C)CC5)ccc4C3)ncn2)cn1. The fraction of sp³-hybridized carbons (Fsp3) is 0.424. The molecule has 218 valence electrons. The van der Waals surface area contributed by atoms with Gasteiger partial charge >= 0.3 is 5.97 Å². The molecule has 4 aromatic rings. The highest BCUT2D eigenvalue weighted by Crippen LogP contribution is 2.42. The van der Waals surface area contributed by atoms with Gasteiger partial charge < -0.3 is 14.9 Å². The van der Waals surface area contributed by atoms with Gasteiger partial charge in [0, 0.05) is 61.0 Å². The largest absolute Gasteiger partial charge is 0.481 e. The molecule has 6 rings (SSSR count). The van der Waals surface area contributed by atoms with Gasteiger partial charge in [-0.25, -0.2) is 15.0 Å². The second-order valence-electron chi connectivity index (χ2n) is 12.5. The van der Waals surface area contributed by atoms with Crippen LogP contribution in [-0.4, -0.2) is 55.2 Å². The second-order valence-corrected chi connectivity index (χ2v) is 12.5. The summed E-state index contributed by atoms with van der Waals surface area (Å²) in [5.74, 6) is 0.873. The summed E-state index contributed by atoms with van der Waals surface area (Å²) in [5.41, 5.74) is 9.64. The van der Waals surface area contributed by atoms with E-state index in [-0.39, 0.29) is 6.42 Å². The van der Waals surface area contributed by atoms with Gasteiger partial charge in [0.05, 0.1) is 17.8 Å². The van der Waals surface area contributed by atoms with Crippen LogP contribution in [0.1, 0.15) is 60.5 Å². The lowest BCUT2D eigenvalue weighted by Gasteiger charge is -2.40. The highest BCUT2D eigenvalue weighted by molar-refractivity contribution is 5.86. The number of carbonyl (C=O) groups is 1. The predicted octanol–water partition coefficient (Wildman–Crippen LogP) is 5.47. The summed E-state index contributed by atoms with van der Waals surface area (Å²) >= 11 is 0. The lowest BCUT2D eigenvalue weighted by molar-refractivity contribution is -0.136. The van der Waals surface area contributed by atoms with Crippen molar-refractivity contribution in [2.75, 3.05) is 29.4 Å². The van der Waals surface area contributed by atoms with E-state index in [4.69, 9.17) is 4.98 Å². The molecule has 0 atom stereocenters. The summed E-state index contributed by atoms with van der Waals surface area (Å²) in [5, 5.41) is 9.82. The summed E-state index contributed by atoms with van der Waals surface area (Å²) in [6.07, 6.45) is 8.36. The highest BCUT2D eigenvalue weighted by atomic mass is 16.4. The zero-order valence-electron chi connectivity index (χ0n) is 25.2. The van der Waals surface area contributed by atoms with Crippen LogP contribution in [0.25, 0.3) is 16.9 Å². The van der Waals surface area contributed by atoms with E-state index >= 15 is 0 Å². The second kappa shape index (κ2) is 10.9. The van der Waals surface area contributed by atoms with Crippen molar-refractivity contribution in [3.8, 4) is 16.9 Å². The molecule has 1 saturated heterocycles. The number of hydrogen-bond donors (Lipinski definition) is 1. The molecule has 9 heteroatoms. The quantitative estimate of drug-likeness (QED) is 0.329. The first kappa shape index (κ1) is 27.9. The van der Waals surface area contributed by atoms with Crippen molar-refractivity contribution in [3.05, 3.63) is 76.9 Å². The highest BCUT2D eigenvalue weighted by Gasteiger charge is 2.30. The number of hydrogen-bond acceptors (Lipinski definition) is 7. The minimum absolute atomic E-state index is 0.0270. The third kappa shape index (κ3) is 5.47. The Bertz CT molecular complexity index is 1650. The fourth-order valence-electron chi connectivity index (χ4n) is 6.36. The van der Waals surface area contributed by atoms with Crippen LogP contribution in [0.15, 0.2) is 43.1 Å². The first-order valence-corrected chi connectivity index (χ1v) is 14.7. The van der Waals surface area contributed by atoms with Gasteiger partial charge in [-0.05, 0) is 62.1 Å². The van der Waals surface area contributed by atoms with Crippen molar-refractivity contribution in [2.24, 2.45) is 5.41 Å². The molecule has 9 nitrogen and oxygen atoms in total. The standard InChI is InChI=1S/C33H39N7O2/c1-21-17-40(20-36-21)29-16-28(34-19-35-29)39-11-8-24-14-25(6-7-26(24)18-39)31-23(3)37-22(2)27(15-30(41)42)32(31)38-12-9-33(4,5)10-13-38/h6-7,14,16-17,19-20H,8-13,15,18H2,1-5H3,(H,41,42). The molecule has 0 saturated carbocycles. The number of nitrogens with zero attached hydrogens (tertiary/aromatic N) is 7. The number of aliphatic carboxylic acids is 1. The van der Waals surface area contributed by atoms with Crippen LogP contribution >= 0.6 is 0 Å². The van der Waals surface area contributed by atoms with Crippen molar-refractivity contribution >= 4 is 17.5 Å². The summed E-state index contributed by atoms with van der Waals surface area (Å²) < 4.78 is 1.92. The van der Waals surface area contributed by atoms with Crippen LogP contribution in [0.5, 0.6) is 0 Å². The van der Waals surface area contributed by atoms with Gasteiger partial charge in [-0.1, -0.05) is 32.0 Å². The van der Waals surface area contributed by atoms with Gasteiger partial charge in [0.1, 0.15) is 24.3 Å². The Hall–Kier alpha value is -4.27. The maximum Gasteiger partial charge on any atom is 0.307 e. The Morgan fingerprint density at radius 1 is 0.929 bits per heavy atom. The third-order valence-electron chi connectivity index (χ3n) is 8.86. The molecule has 3 aromatic heterocycles. The van der Waals surface area contributed by atoms with E-state index in [1.807, 2.05) is 30.7 Å². The zero-order chi connectivity index (χ0) is 29.6. The molecule has 0 amide bonds. The van der Waals surface area contributed by atoms with Crippen LogP contribution in [0, 0.1) is 26.2 Å². The van der Waals surface area contributed by atoms with E-state index < -0.39 is 5.97 Å². The lowest BCUT2D eigenvalue weighted by atomic mass is 9.82. The molecular formula is C33H39N7O2. The third-order valence-corrected chi connectivity index (χ3v) is 8.86. The van der Waals surface area contributed by atoms with E-state index in [1.54, 1.807) is 12.7 Å². The van der Waals surface area contributed by atoms with Gasteiger partial charge in [-0.15, -0.1) is 0 Å². The van der Waals surface area contributed by atoms with Crippen LogP contribution in [0.3, 0.4) is 0 Å². The first-order chi connectivity index (χ1) is 20.1. The first-order valence-electron chi connectivity index (χ1n) is 14.7. The Morgan fingerprint density at radius 2 is 1.69 bits per heavy atom. The average molecular weight is 566 g/mol. The molecule has 5 heterocycles. The van der Waals surface area contributed by atoms with Crippen LogP contribution < -0.4 is 9.80 Å². The lowest BCUT2D eigenvalue weighted by Crippen LogP contribution is -2.38. The van der Waals surface area contributed by atoms with Crippen molar-refractivity contribution in [2.45, 2.75) is 66.8 Å². The van der Waals surface area contributed by atoms with E-state index in [0.717, 1.165) is 96.5 Å². The maximum atomic E-state index is 12.0. The monoisotopic (exact) mass is 565 g/mol. The molecule has 2 aliphatic rings. The molecule has 1 N–H and O–H groups in total. The number of benzene rings is 1. The minimum Gasteiger partial charge on any atom is -0.481 e. The normalized spacial score (nSPS) is 16.4. The van der Waals surface area contributed by atoms with Crippen molar-refractivity contribution in [1.29, 1.82) is 0 Å². The molecule has 2 aliphatic heterocycles. The molecule has 42 heavy (non-hydrogen) atoms. The molecule has 1 aromatic carbocycles. The molecule has 0 aliphatic carbocycles. The summed E-state index contributed by atoms with van der Waals surface area (Å²) in [6, 6.07) is 8.71. The Morgan fingerprint density at radius 3 is 2.40 bits per heavy atom. The van der Waals surface area contributed by atoms with Crippen LogP contribution in [0.4, 0.5) is 11.5 Å². The van der Waals surface area contributed by atoms with Gasteiger partial charge in [-0.2, -0.15) is 0 Å². The average Bonchev–Trinajstić information content (AvgIpc) is 3.40. The number of carboxylic acid groups (broad SMARTS) is 1. The number of rotatable bonds is 6. The number of piperidine rings is 1. The van der Waals surface area contributed by atoms with E-state index in [0.29, 0.717) is 5.41 Å². The summed E-state index contributed by atoms with van der Waals surface area (Å²) in [4.78, 5) is 34.9. The molecule has 0 spiro atoms. The van der Waals surface area contributed by atoms with Crippen LogP contribution in [-0.2, 0) is 24.2 Å². The predicted molar refractivity (Wildman–Crippen MR) is 164 cm³/mol. The maximum absolute atomic E-state index is 12.0. The Labute approximate surface area is 247 Å². The number of aromatic nitrogens is 5. The van der Waals surface area contributed by atoms with E-state index in [1.165, 1.54) is 11.1 Å². The number of fused-ring (bicyclic) bond motifs is 1. The smallest absolute Gasteiger partial charge is 0.307 e. The van der Waals surface area contributed by atoms with E-state index in [2.05, 4.69) is 63.7 Å². The van der Waals surface area contributed by atoms with Gasteiger partial charge in [0.25, 0.3) is 0 Å². The Balaban J connectivity index is 1.34. The number of imidazole rings is 1. The number of pyridine rings is 1. The molecule has 0 bridgehead atoms. The van der Waals surface area contributed by atoms with Gasteiger partial charge in [-0.3, -0.25) is 14.3 Å². The van der Waals surface area contributed by atoms with Crippen molar-refractivity contribution < 1.29 is 9.90 Å². The van der Waals surface area contributed by atoms with E-state index in [9.17, 15) is 9.90 Å². The molecule has 1 fully saturated rings. The fourth-order valence-corrected chi connectivity index (χ4v) is 6.36. The number of anilines is 2. The molecule has 0 radical (unpaired) electrons. The van der Waals surface area contributed by atoms with Gasteiger partial charge in [0.2, 0.25) is 0 Å². The minimum atomic E-state index is -0.824. The van der Waals surface area contributed by atoms with Crippen molar-refractivity contribution in [3.63, 3.8) is 0 Å². The molecule has 0 unspecified atom stereocenters.